The molecule has 1 heterocycles. The number of carboxylic acids is 1. The Morgan fingerprint density at radius 1 is 1.50 bits per heavy atom. The largest absolute Gasteiger partial charge is 0.480 e. The van der Waals surface area contributed by atoms with Crippen LogP contribution in [0.4, 0.5) is 5.82 Å². The molecule has 0 saturated carbocycles. The highest BCUT2D eigenvalue weighted by Gasteiger charge is 1.99. The van der Waals surface area contributed by atoms with E-state index in [1.54, 1.807) is 6.20 Å². The third kappa shape index (κ3) is 4.22. The van der Waals surface area contributed by atoms with Crippen LogP contribution in [0.1, 0.15) is 11.4 Å². The van der Waals surface area contributed by atoms with Crippen LogP contribution in [0.5, 0.6) is 0 Å². The van der Waals surface area contributed by atoms with Gasteiger partial charge in [0.05, 0.1) is 24.2 Å². The first-order valence-electron chi connectivity index (χ1n) is 4.93. The van der Waals surface area contributed by atoms with E-state index in [-0.39, 0.29) is 6.61 Å². The molecular formula is C10H15N3O3. The van der Waals surface area contributed by atoms with Crippen molar-refractivity contribution in [1.29, 1.82) is 0 Å². The Labute approximate surface area is 93.7 Å². The summed E-state index contributed by atoms with van der Waals surface area (Å²) >= 11 is 0. The number of carboxylic acid groups (broad SMARTS) is 1. The fraction of sp³-hybridized carbons (Fsp3) is 0.500. The normalized spacial score (nSPS) is 10.1. The highest BCUT2D eigenvalue weighted by molar-refractivity contribution is 5.67. The van der Waals surface area contributed by atoms with Gasteiger partial charge in [-0.1, -0.05) is 0 Å². The summed E-state index contributed by atoms with van der Waals surface area (Å²) in [5.41, 5.74) is 1.77. The van der Waals surface area contributed by atoms with Crippen LogP contribution in [-0.2, 0) is 9.53 Å². The molecule has 0 radical (unpaired) electrons. The van der Waals surface area contributed by atoms with E-state index >= 15 is 0 Å². The van der Waals surface area contributed by atoms with Crippen LogP contribution in [0.15, 0.2) is 6.20 Å². The lowest BCUT2D eigenvalue weighted by Gasteiger charge is -2.06. The average Bonchev–Trinajstić information content (AvgIpc) is 2.22. The molecule has 2 N–H and O–H groups in total. The van der Waals surface area contributed by atoms with Gasteiger partial charge in [-0.15, -0.1) is 0 Å². The number of aliphatic carboxylic acids is 1. The van der Waals surface area contributed by atoms with Gasteiger partial charge in [-0.25, -0.2) is 9.78 Å². The Balaban J connectivity index is 2.27. The van der Waals surface area contributed by atoms with Crippen LogP contribution < -0.4 is 5.32 Å². The quantitative estimate of drug-likeness (QED) is 0.690. The summed E-state index contributed by atoms with van der Waals surface area (Å²) in [6, 6.07) is 0. The summed E-state index contributed by atoms with van der Waals surface area (Å²) in [5.74, 6) is -0.298. The first kappa shape index (κ1) is 12.4. The molecule has 0 bridgehead atoms. The van der Waals surface area contributed by atoms with E-state index in [1.807, 2.05) is 13.8 Å². The van der Waals surface area contributed by atoms with Gasteiger partial charge in [0.25, 0.3) is 0 Å². The molecule has 0 aromatic carbocycles. The molecule has 1 aromatic heterocycles. The summed E-state index contributed by atoms with van der Waals surface area (Å²) in [4.78, 5) is 18.6. The lowest BCUT2D eigenvalue weighted by Crippen LogP contribution is -2.15. The first-order valence-corrected chi connectivity index (χ1v) is 4.93. The SMILES string of the molecule is Cc1ncc(NCCOCC(=O)O)nc1C. The molecule has 0 saturated heterocycles. The molecule has 0 aliphatic carbocycles. The molecule has 16 heavy (non-hydrogen) atoms. The van der Waals surface area contributed by atoms with Crippen LogP contribution in [0.2, 0.25) is 0 Å². The third-order valence-electron chi connectivity index (χ3n) is 1.97. The fourth-order valence-corrected chi connectivity index (χ4v) is 1.04. The second-order valence-corrected chi connectivity index (χ2v) is 3.30. The van der Waals surface area contributed by atoms with Crippen LogP contribution in [0.25, 0.3) is 0 Å². The number of nitrogens with zero attached hydrogens (tertiary/aromatic N) is 2. The summed E-state index contributed by atoms with van der Waals surface area (Å²) in [6.45, 7) is 4.32. The zero-order valence-electron chi connectivity index (χ0n) is 9.36. The van der Waals surface area contributed by atoms with Gasteiger partial charge in [0.1, 0.15) is 12.4 Å². The predicted octanol–water partition coefficient (Wildman–Crippen LogP) is 0.607. The zero-order chi connectivity index (χ0) is 12.0. The molecule has 0 atom stereocenters. The van der Waals surface area contributed by atoms with Crippen molar-refractivity contribution in [2.24, 2.45) is 0 Å². The van der Waals surface area contributed by atoms with E-state index < -0.39 is 5.97 Å². The molecule has 0 aliphatic rings. The van der Waals surface area contributed by atoms with Crippen molar-refractivity contribution in [3.05, 3.63) is 17.6 Å². The smallest absolute Gasteiger partial charge is 0.329 e. The second-order valence-electron chi connectivity index (χ2n) is 3.30. The minimum absolute atomic E-state index is 0.277. The molecule has 0 amide bonds. The highest BCUT2D eigenvalue weighted by Crippen LogP contribution is 2.04. The maximum absolute atomic E-state index is 10.1. The van der Waals surface area contributed by atoms with E-state index in [2.05, 4.69) is 15.3 Å². The minimum Gasteiger partial charge on any atom is -0.480 e. The summed E-state index contributed by atoms with van der Waals surface area (Å²) in [6.07, 6.45) is 1.64. The van der Waals surface area contributed by atoms with Crippen molar-refractivity contribution in [1.82, 2.24) is 9.97 Å². The van der Waals surface area contributed by atoms with Crippen LogP contribution in [-0.4, -0.2) is 40.8 Å². The van der Waals surface area contributed by atoms with E-state index in [1.165, 1.54) is 0 Å². The van der Waals surface area contributed by atoms with Gasteiger partial charge in [0, 0.05) is 6.54 Å². The minimum atomic E-state index is -0.967. The Hall–Kier alpha value is -1.69. The third-order valence-corrected chi connectivity index (χ3v) is 1.97. The summed E-state index contributed by atoms with van der Waals surface area (Å²) < 4.78 is 4.86. The van der Waals surface area contributed by atoms with Gasteiger partial charge in [-0.2, -0.15) is 0 Å². The predicted molar refractivity (Wildman–Crippen MR) is 58.5 cm³/mol. The van der Waals surface area contributed by atoms with Gasteiger partial charge < -0.3 is 15.2 Å². The Bertz CT molecular complexity index is 368. The van der Waals surface area contributed by atoms with Crippen LogP contribution in [0, 0.1) is 13.8 Å². The van der Waals surface area contributed by atoms with Crippen LogP contribution in [0.3, 0.4) is 0 Å². The van der Waals surface area contributed by atoms with Gasteiger partial charge in [-0.3, -0.25) is 4.98 Å². The Morgan fingerprint density at radius 2 is 2.25 bits per heavy atom. The molecule has 6 nitrogen and oxygen atoms in total. The number of aromatic nitrogens is 2. The van der Waals surface area contributed by atoms with Crippen LogP contribution >= 0.6 is 0 Å². The number of rotatable bonds is 6. The lowest BCUT2D eigenvalue weighted by atomic mass is 10.3. The first-order chi connectivity index (χ1) is 7.59. The summed E-state index contributed by atoms with van der Waals surface area (Å²) in [7, 11) is 0. The molecule has 88 valence electrons. The number of aryl methyl sites for hydroxylation is 2. The van der Waals surface area contributed by atoms with Crippen molar-refractivity contribution in [2.75, 3.05) is 25.1 Å². The van der Waals surface area contributed by atoms with Gasteiger partial charge in [-0.05, 0) is 13.8 Å². The number of hydrogen-bond donors (Lipinski definition) is 2. The number of hydrogen-bond acceptors (Lipinski definition) is 5. The van der Waals surface area contributed by atoms with Crippen molar-refractivity contribution in [3.63, 3.8) is 0 Å². The number of carbonyl (C=O) groups is 1. The van der Waals surface area contributed by atoms with Crippen molar-refractivity contribution in [3.8, 4) is 0 Å². The molecule has 0 unspecified atom stereocenters. The van der Waals surface area contributed by atoms with E-state index in [9.17, 15) is 4.79 Å². The topological polar surface area (TPSA) is 84.3 Å². The number of anilines is 1. The maximum atomic E-state index is 10.1. The highest BCUT2D eigenvalue weighted by atomic mass is 16.5. The van der Waals surface area contributed by atoms with Crippen molar-refractivity contribution in [2.45, 2.75) is 13.8 Å². The molecule has 1 rings (SSSR count). The van der Waals surface area contributed by atoms with Gasteiger partial charge in [0.15, 0.2) is 0 Å². The number of nitrogens with one attached hydrogen (secondary N) is 1. The van der Waals surface area contributed by atoms with Gasteiger partial charge >= 0.3 is 5.97 Å². The monoisotopic (exact) mass is 225 g/mol. The van der Waals surface area contributed by atoms with E-state index in [0.717, 1.165) is 11.4 Å². The molecule has 0 spiro atoms. The zero-order valence-corrected chi connectivity index (χ0v) is 9.36. The Morgan fingerprint density at radius 3 is 2.88 bits per heavy atom. The maximum Gasteiger partial charge on any atom is 0.329 e. The second kappa shape index (κ2) is 6.02. The molecular weight excluding hydrogens is 210 g/mol. The van der Waals surface area contributed by atoms with Gasteiger partial charge in [0.2, 0.25) is 0 Å². The van der Waals surface area contributed by atoms with E-state index in [4.69, 9.17) is 9.84 Å². The standard InChI is InChI=1S/C10H15N3O3/c1-7-8(2)13-9(5-12-7)11-3-4-16-6-10(14)15/h5H,3-4,6H2,1-2H3,(H,11,13)(H,14,15). The molecule has 0 aliphatic heterocycles. The van der Waals surface area contributed by atoms with E-state index in [0.29, 0.717) is 19.0 Å². The number of ether oxygens (including phenoxy) is 1. The van der Waals surface area contributed by atoms with Crippen molar-refractivity contribution >= 4 is 11.8 Å². The summed E-state index contributed by atoms with van der Waals surface area (Å²) in [5, 5.41) is 11.3. The fourth-order valence-electron chi connectivity index (χ4n) is 1.04. The molecule has 6 heteroatoms. The average molecular weight is 225 g/mol. The lowest BCUT2D eigenvalue weighted by molar-refractivity contribution is -0.142. The Kier molecular flexibility index (Phi) is 4.65. The van der Waals surface area contributed by atoms with Crippen molar-refractivity contribution < 1.29 is 14.6 Å². The molecule has 1 aromatic rings. The molecule has 0 fully saturated rings.